The standard InChI is InChI=1S/C15H21N3O/c1-12-4-6-14(7-5-12)13(2)17-15-16-8-9-18(15)10-11-19-3/h4-9,13H,10-11H2,1-3H3,(H,16,17). The Bertz CT molecular complexity index is 504. The average molecular weight is 259 g/mol. The Kier molecular flexibility index (Phi) is 4.58. The highest BCUT2D eigenvalue weighted by atomic mass is 16.5. The molecule has 1 heterocycles. The molecule has 4 nitrogen and oxygen atoms in total. The lowest BCUT2D eigenvalue weighted by Gasteiger charge is -2.16. The van der Waals surface area contributed by atoms with Crippen LogP contribution in [0.1, 0.15) is 24.1 Å². The molecule has 4 heteroatoms. The molecule has 0 spiro atoms. The summed E-state index contributed by atoms with van der Waals surface area (Å²) >= 11 is 0. The minimum absolute atomic E-state index is 0.226. The van der Waals surface area contributed by atoms with Gasteiger partial charge in [-0.1, -0.05) is 29.8 Å². The van der Waals surface area contributed by atoms with Gasteiger partial charge in [-0.2, -0.15) is 0 Å². The number of nitrogens with one attached hydrogen (secondary N) is 1. The largest absolute Gasteiger partial charge is 0.383 e. The van der Waals surface area contributed by atoms with Crippen molar-refractivity contribution in [1.82, 2.24) is 9.55 Å². The van der Waals surface area contributed by atoms with E-state index in [9.17, 15) is 0 Å². The second-order valence-electron chi connectivity index (χ2n) is 4.71. The van der Waals surface area contributed by atoms with Crippen LogP contribution in [0.25, 0.3) is 0 Å². The van der Waals surface area contributed by atoms with E-state index in [1.807, 2.05) is 6.20 Å². The second kappa shape index (κ2) is 6.38. The summed E-state index contributed by atoms with van der Waals surface area (Å²) in [4.78, 5) is 4.35. The van der Waals surface area contributed by atoms with E-state index in [4.69, 9.17) is 4.74 Å². The fourth-order valence-corrected chi connectivity index (χ4v) is 1.95. The van der Waals surface area contributed by atoms with Gasteiger partial charge in [0.15, 0.2) is 0 Å². The SMILES string of the molecule is COCCn1ccnc1NC(C)c1ccc(C)cc1. The van der Waals surface area contributed by atoms with Crippen LogP contribution in [0, 0.1) is 6.92 Å². The quantitative estimate of drug-likeness (QED) is 0.866. The fraction of sp³-hybridized carbons (Fsp3) is 0.400. The number of methoxy groups -OCH3 is 1. The zero-order valence-electron chi connectivity index (χ0n) is 11.8. The first-order chi connectivity index (χ1) is 9.20. The number of rotatable bonds is 6. The Balaban J connectivity index is 2.04. The summed E-state index contributed by atoms with van der Waals surface area (Å²) in [5.41, 5.74) is 2.53. The highest BCUT2D eigenvalue weighted by Gasteiger charge is 2.08. The third-order valence-corrected chi connectivity index (χ3v) is 3.17. The number of hydrogen-bond donors (Lipinski definition) is 1. The molecule has 0 amide bonds. The lowest BCUT2D eigenvalue weighted by atomic mass is 10.1. The molecule has 0 aliphatic carbocycles. The zero-order chi connectivity index (χ0) is 13.7. The summed E-state index contributed by atoms with van der Waals surface area (Å²) in [6.45, 7) is 5.72. The summed E-state index contributed by atoms with van der Waals surface area (Å²) in [6, 6.07) is 8.78. The Hall–Kier alpha value is -1.81. The molecular formula is C15H21N3O. The number of nitrogens with zero attached hydrogens (tertiary/aromatic N) is 2. The van der Waals surface area contributed by atoms with Gasteiger partial charge in [-0.15, -0.1) is 0 Å². The molecule has 0 saturated heterocycles. The van der Waals surface area contributed by atoms with Gasteiger partial charge in [0.25, 0.3) is 0 Å². The van der Waals surface area contributed by atoms with E-state index in [2.05, 4.69) is 53.0 Å². The Morgan fingerprint density at radius 1 is 1.32 bits per heavy atom. The highest BCUT2D eigenvalue weighted by molar-refractivity contribution is 5.33. The van der Waals surface area contributed by atoms with E-state index in [0.29, 0.717) is 6.61 Å². The number of benzene rings is 1. The van der Waals surface area contributed by atoms with Gasteiger partial charge in [0, 0.05) is 26.0 Å². The summed E-state index contributed by atoms with van der Waals surface area (Å²) in [7, 11) is 1.71. The van der Waals surface area contributed by atoms with E-state index in [1.165, 1.54) is 11.1 Å². The van der Waals surface area contributed by atoms with E-state index in [0.717, 1.165) is 12.5 Å². The van der Waals surface area contributed by atoms with Crippen molar-refractivity contribution in [3.05, 3.63) is 47.8 Å². The van der Waals surface area contributed by atoms with Crippen molar-refractivity contribution in [3.63, 3.8) is 0 Å². The van der Waals surface area contributed by atoms with Gasteiger partial charge in [0.05, 0.1) is 12.6 Å². The molecule has 102 valence electrons. The fourth-order valence-electron chi connectivity index (χ4n) is 1.95. The van der Waals surface area contributed by atoms with Crippen LogP contribution in [0.2, 0.25) is 0 Å². The van der Waals surface area contributed by atoms with E-state index < -0.39 is 0 Å². The molecule has 0 bridgehead atoms. The lowest BCUT2D eigenvalue weighted by Crippen LogP contribution is -2.13. The predicted octanol–water partition coefficient (Wildman–Crippen LogP) is 3.01. The first kappa shape index (κ1) is 13.6. The van der Waals surface area contributed by atoms with Gasteiger partial charge in [-0.3, -0.25) is 0 Å². The van der Waals surface area contributed by atoms with Crippen molar-refractivity contribution >= 4 is 5.95 Å². The highest BCUT2D eigenvalue weighted by Crippen LogP contribution is 2.18. The summed E-state index contributed by atoms with van der Waals surface area (Å²) in [5.74, 6) is 0.880. The molecular weight excluding hydrogens is 238 g/mol. The number of aromatic nitrogens is 2. The maximum Gasteiger partial charge on any atom is 0.203 e. The van der Waals surface area contributed by atoms with Crippen LogP contribution in [-0.4, -0.2) is 23.3 Å². The maximum atomic E-state index is 5.10. The first-order valence-corrected chi connectivity index (χ1v) is 6.54. The summed E-state index contributed by atoms with van der Waals surface area (Å²) in [6.07, 6.45) is 3.77. The molecule has 0 fully saturated rings. The zero-order valence-corrected chi connectivity index (χ0v) is 11.8. The molecule has 0 radical (unpaired) electrons. The molecule has 2 rings (SSSR count). The molecule has 1 unspecified atom stereocenters. The molecule has 1 atom stereocenters. The van der Waals surface area contributed by atoms with Crippen LogP contribution in [0.3, 0.4) is 0 Å². The molecule has 19 heavy (non-hydrogen) atoms. The van der Waals surface area contributed by atoms with Gasteiger partial charge in [0.2, 0.25) is 5.95 Å². The maximum absolute atomic E-state index is 5.10. The lowest BCUT2D eigenvalue weighted by molar-refractivity contribution is 0.187. The van der Waals surface area contributed by atoms with Crippen LogP contribution >= 0.6 is 0 Å². The number of imidazole rings is 1. The second-order valence-corrected chi connectivity index (χ2v) is 4.71. The van der Waals surface area contributed by atoms with Gasteiger partial charge in [-0.05, 0) is 19.4 Å². The Labute approximate surface area is 114 Å². The number of aryl methyl sites for hydroxylation is 1. The van der Waals surface area contributed by atoms with Crippen molar-refractivity contribution in [1.29, 1.82) is 0 Å². The molecule has 0 aliphatic rings. The number of anilines is 1. The van der Waals surface area contributed by atoms with E-state index in [-0.39, 0.29) is 6.04 Å². The van der Waals surface area contributed by atoms with Crippen LogP contribution in [0.15, 0.2) is 36.7 Å². The van der Waals surface area contributed by atoms with Gasteiger partial charge in [-0.25, -0.2) is 4.98 Å². The normalized spacial score (nSPS) is 12.4. The molecule has 2 aromatic rings. The average Bonchev–Trinajstić information content (AvgIpc) is 2.84. The monoisotopic (exact) mass is 259 g/mol. The van der Waals surface area contributed by atoms with Gasteiger partial charge >= 0.3 is 0 Å². The van der Waals surface area contributed by atoms with Crippen LogP contribution in [0.4, 0.5) is 5.95 Å². The third-order valence-electron chi connectivity index (χ3n) is 3.17. The molecule has 1 aromatic heterocycles. The van der Waals surface area contributed by atoms with E-state index >= 15 is 0 Å². The van der Waals surface area contributed by atoms with Crippen LogP contribution in [-0.2, 0) is 11.3 Å². The molecule has 1 aromatic carbocycles. The molecule has 0 aliphatic heterocycles. The van der Waals surface area contributed by atoms with Crippen LogP contribution < -0.4 is 5.32 Å². The number of hydrogen-bond acceptors (Lipinski definition) is 3. The summed E-state index contributed by atoms with van der Waals surface area (Å²) < 4.78 is 7.16. The minimum Gasteiger partial charge on any atom is -0.383 e. The van der Waals surface area contributed by atoms with E-state index in [1.54, 1.807) is 13.3 Å². The van der Waals surface area contributed by atoms with Crippen molar-refractivity contribution in [2.75, 3.05) is 19.0 Å². The van der Waals surface area contributed by atoms with Crippen molar-refractivity contribution in [2.45, 2.75) is 26.4 Å². The van der Waals surface area contributed by atoms with Gasteiger partial charge in [0.1, 0.15) is 0 Å². The van der Waals surface area contributed by atoms with Crippen molar-refractivity contribution in [2.24, 2.45) is 0 Å². The first-order valence-electron chi connectivity index (χ1n) is 6.54. The summed E-state index contributed by atoms with van der Waals surface area (Å²) in [5, 5.41) is 3.43. The third kappa shape index (κ3) is 3.58. The molecule has 0 saturated carbocycles. The minimum atomic E-state index is 0.226. The number of ether oxygens (including phenoxy) is 1. The van der Waals surface area contributed by atoms with Gasteiger partial charge < -0.3 is 14.6 Å². The predicted molar refractivity (Wildman–Crippen MR) is 77.3 cm³/mol. The van der Waals surface area contributed by atoms with Crippen molar-refractivity contribution in [3.8, 4) is 0 Å². The Morgan fingerprint density at radius 3 is 2.74 bits per heavy atom. The smallest absolute Gasteiger partial charge is 0.203 e. The topological polar surface area (TPSA) is 39.1 Å². The Morgan fingerprint density at radius 2 is 2.05 bits per heavy atom. The molecule has 1 N–H and O–H groups in total. The van der Waals surface area contributed by atoms with Crippen LogP contribution in [0.5, 0.6) is 0 Å². The van der Waals surface area contributed by atoms with Crippen molar-refractivity contribution < 1.29 is 4.74 Å².